The maximum absolute atomic E-state index is 5.93. The van der Waals surface area contributed by atoms with Gasteiger partial charge in [-0.05, 0) is 34.9 Å². The number of fused-ring (bicyclic) bond motifs is 1. The van der Waals surface area contributed by atoms with Crippen LogP contribution in [0.2, 0.25) is 5.02 Å². The molecule has 0 aliphatic carbocycles. The predicted molar refractivity (Wildman–Crippen MR) is 62.9 cm³/mol. The molecular weight excluding hydrogens is 192 g/mol. The SMILES string of the molecule is C=CCc1ccc2ccc(Cl)cc2c1. The molecule has 2 rings (SSSR count). The average Bonchev–Trinajstić information content (AvgIpc) is 2.17. The van der Waals surface area contributed by atoms with Crippen LogP contribution in [0.25, 0.3) is 10.8 Å². The Labute approximate surface area is 88.8 Å². The van der Waals surface area contributed by atoms with Crippen molar-refractivity contribution in [1.82, 2.24) is 0 Å². The molecule has 0 atom stereocenters. The normalized spacial score (nSPS) is 10.4. The van der Waals surface area contributed by atoms with Gasteiger partial charge in [0.2, 0.25) is 0 Å². The van der Waals surface area contributed by atoms with Crippen LogP contribution in [0.3, 0.4) is 0 Å². The van der Waals surface area contributed by atoms with Crippen molar-refractivity contribution in [3.63, 3.8) is 0 Å². The highest BCUT2D eigenvalue weighted by Gasteiger charge is 1.96. The van der Waals surface area contributed by atoms with Gasteiger partial charge >= 0.3 is 0 Å². The zero-order valence-corrected chi connectivity index (χ0v) is 8.59. The highest BCUT2D eigenvalue weighted by Crippen LogP contribution is 2.20. The minimum atomic E-state index is 0.785. The summed E-state index contributed by atoms with van der Waals surface area (Å²) in [6.07, 6.45) is 2.81. The molecule has 0 aromatic heterocycles. The van der Waals surface area contributed by atoms with Crippen molar-refractivity contribution in [2.24, 2.45) is 0 Å². The van der Waals surface area contributed by atoms with E-state index in [9.17, 15) is 0 Å². The summed E-state index contributed by atoms with van der Waals surface area (Å²) in [6, 6.07) is 12.3. The van der Waals surface area contributed by atoms with Crippen molar-refractivity contribution in [3.8, 4) is 0 Å². The van der Waals surface area contributed by atoms with Crippen LogP contribution in [-0.4, -0.2) is 0 Å². The van der Waals surface area contributed by atoms with Gasteiger partial charge in [-0.2, -0.15) is 0 Å². The molecule has 70 valence electrons. The fourth-order valence-electron chi connectivity index (χ4n) is 1.56. The molecule has 2 aromatic carbocycles. The van der Waals surface area contributed by atoms with E-state index >= 15 is 0 Å². The molecular formula is C13H11Cl. The van der Waals surface area contributed by atoms with Gasteiger partial charge in [0.05, 0.1) is 0 Å². The first-order chi connectivity index (χ1) is 6.79. The number of allylic oxidation sites excluding steroid dienone is 1. The summed E-state index contributed by atoms with van der Waals surface area (Å²) in [5.41, 5.74) is 1.27. The van der Waals surface area contributed by atoms with Crippen molar-refractivity contribution < 1.29 is 0 Å². The molecule has 0 N–H and O–H groups in total. The minimum absolute atomic E-state index is 0.785. The van der Waals surface area contributed by atoms with Crippen LogP contribution >= 0.6 is 11.6 Å². The molecule has 14 heavy (non-hydrogen) atoms. The molecule has 0 bridgehead atoms. The lowest BCUT2D eigenvalue weighted by Crippen LogP contribution is -1.80. The summed E-state index contributed by atoms with van der Waals surface area (Å²) in [5, 5.41) is 3.20. The molecule has 0 spiro atoms. The van der Waals surface area contributed by atoms with E-state index in [-0.39, 0.29) is 0 Å². The first kappa shape index (κ1) is 9.29. The second kappa shape index (κ2) is 3.85. The van der Waals surface area contributed by atoms with E-state index in [2.05, 4.69) is 24.8 Å². The quantitative estimate of drug-likeness (QED) is 0.640. The number of benzene rings is 2. The molecule has 0 nitrogen and oxygen atoms in total. The molecule has 0 aliphatic rings. The summed E-state index contributed by atoms with van der Waals surface area (Å²) in [4.78, 5) is 0. The smallest absolute Gasteiger partial charge is 0.0412 e. The van der Waals surface area contributed by atoms with Crippen molar-refractivity contribution in [1.29, 1.82) is 0 Å². The Kier molecular flexibility index (Phi) is 2.55. The van der Waals surface area contributed by atoms with E-state index in [0.717, 1.165) is 11.4 Å². The largest absolute Gasteiger partial charge is 0.103 e. The minimum Gasteiger partial charge on any atom is -0.103 e. The molecule has 0 heterocycles. The Hall–Kier alpha value is -1.27. The monoisotopic (exact) mass is 202 g/mol. The topological polar surface area (TPSA) is 0 Å². The number of rotatable bonds is 2. The van der Waals surface area contributed by atoms with Crippen LogP contribution in [0.4, 0.5) is 0 Å². The second-order valence-electron chi connectivity index (χ2n) is 3.32. The van der Waals surface area contributed by atoms with Crippen LogP contribution in [0, 0.1) is 0 Å². The molecule has 0 saturated heterocycles. The first-order valence-corrected chi connectivity index (χ1v) is 4.96. The highest BCUT2D eigenvalue weighted by atomic mass is 35.5. The number of halogens is 1. The Bertz CT molecular complexity index is 472. The van der Waals surface area contributed by atoms with E-state index in [1.54, 1.807) is 0 Å². The zero-order valence-electron chi connectivity index (χ0n) is 7.83. The van der Waals surface area contributed by atoms with Crippen molar-refractivity contribution in [2.75, 3.05) is 0 Å². The third-order valence-corrected chi connectivity index (χ3v) is 2.48. The van der Waals surface area contributed by atoms with Crippen LogP contribution in [-0.2, 0) is 6.42 Å². The Morgan fingerprint density at radius 2 is 1.86 bits per heavy atom. The van der Waals surface area contributed by atoms with E-state index in [4.69, 9.17) is 11.6 Å². The predicted octanol–water partition coefficient (Wildman–Crippen LogP) is 4.22. The lowest BCUT2D eigenvalue weighted by atomic mass is 10.1. The van der Waals surface area contributed by atoms with E-state index in [1.165, 1.54) is 16.3 Å². The van der Waals surface area contributed by atoms with Gasteiger partial charge in [-0.3, -0.25) is 0 Å². The molecule has 2 aromatic rings. The Balaban J connectivity index is 2.57. The third kappa shape index (κ3) is 1.80. The van der Waals surface area contributed by atoms with E-state index < -0.39 is 0 Å². The van der Waals surface area contributed by atoms with Crippen LogP contribution in [0.15, 0.2) is 49.1 Å². The van der Waals surface area contributed by atoms with Crippen molar-refractivity contribution in [2.45, 2.75) is 6.42 Å². The van der Waals surface area contributed by atoms with Crippen LogP contribution in [0.1, 0.15) is 5.56 Å². The Morgan fingerprint density at radius 3 is 2.64 bits per heavy atom. The summed E-state index contributed by atoms with van der Waals surface area (Å²) in [6.45, 7) is 3.73. The summed E-state index contributed by atoms with van der Waals surface area (Å²) < 4.78 is 0. The summed E-state index contributed by atoms with van der Waals surface area (Å²) in [7, 11) is 0. The lowest BCUT2D eigenvalue weighted by Gasteiger charge is -2.01. The van der Waals surface area contributed by atoms with Crippen LogP contribution < -0.4 is 0 Å². The van der Waals surface area contributed by atoms with Gasteiger partial charge in [0.1, 0.15) is 0 Å². The van der Waals surface area contributed by atoms with Crippen molar-refractivity contribution in [3.05, 3.63) is 59.6 Å². The Morgan fingerprint density at radius 1 is 1.07 bits per heavy atom. The van der Waals surface area contributed by atoms with Crippen molar-refractivity contribution >= 4 is 22.4 Å². The molecule has 0 radical (unpaired) electrons. The van der Waals surface area contributed by atoms with E-state index in [1.807, 2.05) is 24.3 Å². The first-order valence-electron chi connectivity index (χ1n) is 4.59. The van der Waals surface area contributed by atoms with Crippen LogP contribution in [0.5, 0.6) is 0 Å². The molecule has 0 unspecified atom stereocenters. The number of hydrogen-bond donors (Lipinski definition) is 0. The fourth-order valence-corrected chi connectivity index (χ4v) is 1.74. The van der Waals surface area contributed by atoms with Gasteiger partial charge in [-0.25, -0.2) is 0 Å². The molecule has 0 saturated carbocycles. The van der Waals surface area contributed by atoms with Gasteiger partial charge in [-0.1, -0.05) is 41.9 Å². The van der Waals surface area contributed by atoms with Gasteiger partial charge in [0, 0.05) is 5.02 Å². The average molecular weight is 203 g/mol. The maximum atomic E-state index is 5.93. The van der Waals surface area contributed by atoms with Gasteiger partial charge < -0.3 is 0 Å². The van der Waals surface area contributed by atoms with Gasteiger partial charge in [0.25, 0.3) is 0 Å². The van der Waals surface area contributed by atoms with E-state index in [0.29, 0.717) is 0 Å². The summed E-state index contributed by atoms with van der Waals surface area (Å²) in [5.74, 6) is 0. The van der Waals surface area contributed by atoms with Gasteiger partial charge in [0.15, 0.2) is 0 Å². The van der Waals surface area contributed by atoms with Gasteiger partial charge in [-0.15, -0.1) is 6.58 Å². The third-order valence-electron chi connectivity index (χ3n) is 2.25. The molecule has 0 aliphatic heterocycles. The highest BCUT2D eigenvalue weighted by molar-refractivity contribution is 6.31. The standard InChI is InChI=1S/C13H11Cl/c1-2-3-10-4-5-11-6-7-13(14)9-12(11)8-10/h2,4-9H,1,3H2. The number of hydrogen-bond acceptors (Lipinski definition) is 0. The molecule has 0 amide bonds. The fraction of sp³-hybridized carbons (Fsp3) is 0.0769. The second-order valence-corrected chi connectivity index (χ2v) is 3.76. The molecule has 0 fully saturated rings. The lowest BCUT2D eigenvalue weighted by molar-refractivity contribution is 1.29. The zero-order chi connectivity index (χ0) is 9.97. The maximum Gasteiger partial charge on any atom is 0.0412 e. The molecule has 1 heteroatoms. The summed E-state index contributed by atoms with van der Waals surface area (Å²) >= 11 is 5.93.